The van der Waals surface area contributed by atoms with Crippen molar-refractivity contribution < 1.29 is 4.79 Å². The number of primary amides is 1. The Balaban J connectivity index is 1.92. The zero-order chi connectivity index (χ0) is 14.5. The Hall–Kier alpha value is -1.72. The van der Waals surface area contributed by atoms with Gasteiger partial charge in [-0.05, 0) is 32.4 Å². The lowest BCUT2D eigenvalue weighted by atomic mass is 10.1. The Morgan fingerprint density at radius 3 is 2.70 bits per heavy atom. The van der Waals surface area contributed by atoms with Gasteiger partial charge in [0.25, 0.3) is 5.91 Å². The van der Waals surface area contributed by atoms with Gasteiger partial charge in [-0.15, -0.1) is 11.3 Å². The van der Waals surface area contributed by atoms with Crippen LogP contribution >= 0.6 is 11.3 Å². The van der Waals surface area contributed by atoms with E-state index in [1.165, 1.54) is 16.9 Å². The average Bonchev–Trinajstić information content (AvgIpc) is 2.82. The minimum Gasteiger partial charge on any atom is -0.364 e. The molecule has 0 radical (unpaired) electrons. The third-order valence-corrected chi connectivity index (χ3v) is 4.50. The molecular formula is C15H19N3OS. The summed E-state index contributed by atoms with van der Waals surface area (Å²) in [6, 6.07) is 10.5. The quantitative estimate of drug-likeness (QED) is 0.858. The van der Waals surface area contributed by atoms with E-state index in [9.17, 15) is 4.79 Å². The minimum absolute atomic E-state index is 0.171. The van der Waals surface area contributed by atoms with Crippen molar-refractivity contribution in [2.45, 2.75) is 26.3 Å². The molecule has 1 aromatic heterocycles. The van der Waals surface area contributed by atoms with Crippen molar-refractivity contribution in [3.8, 4) is 0 Å². The molecule has 0 fully saturated rings. The van der Waals surface area contributed by atoms with E-state index < -0.39 is 5.91 Å². The normalized spacial score (nSPS) is 12.3. The first-order valence-corrected chi connectivity index (χ1v) is 7.44. The number of hydrogen-bond donors (Lipinski definition) is 2. The highest BCUT2D eigenvalue weighted by molar-refractivity contribution is 7.13. The van der Waals surface area contributed by atoms with Crippen molar-refractivity contribution >= 4 is 17.2 Å². The molecular weight excluding hydrogens is 270 g/mol. The topological polar surface area (TPSA) is 68.0 Å². The Morgan fingerprint density at radius 1 is 1.40 bits per heavy atom. The van der Waals surface area contributed by atoms with Crippen molar-refractivity contribution in [1.82, 2.24) is 10.3 Å². The Kier molecular flexibility index (Phi) is 4.87. The van der Waals surface area contributed by atoms with Crippen LogP contribution in [0.1, 0.15) is 38.9 Å². The van der Waals surface area contributed by atoms with Crippen LogP contribution in [0.5, 0.6) is 0 Å². The molecule has 5 heteroatoms. The van der Waals surface area contributed by atoms with Crippen LogP contribution in [0.25, 0.3) is 0 Å². The van der Waals surface area contributed by atoms with Crippen LogP contribution in [0, 0.1) is 6.92 Å². The lowest BCUT2D eigenvalue weighted by molar-refractivity contribution is 0.1000. The van der Waals surface area contributed by atoms with E-state index in [4.69, 9.17) is 5.73 Å². The van der Waals surface area contributed by atoms with Gasteiger partial charge in [0.1, 0.15) is 0 Å². The average molecular weight is 289 g/mol. The number of rotatable bonds is 6. The molecule has 1 heterocycles. The number of aryl methyl sites for hydroxylation is 1. The van der Waals surface area contributed by atoms with Crippen LogP contribution in [0.3, 0.4) is 0 Å². The van der Waals surface area contributed by atoms with E-state index in [1.54, 1.807) is 0 Å². The van der Waals surface area contributed by atoms with Crippen LogP contribution in [-0.4, -0.2) is 17.4 Å². The smallest absolute Gasteiger partial charge is 0.277 e. The third kappa shape index (κ3) is 3.65. The summed E-state index contributed by atoms with van der Waals surface area (Å²) in [4.78, 5) is 16.4. The van der Waals surface area contributed by atoms with Crippen LogP contribution < -0.4 is 11.1 Å². The number of nitrogens with two attached hydrogens (primary N) is 1. The van der Waals surface area contributed by atoms with Gasteiger partial charge in [-0.1, -0.05) is 30.3 Å². The number of nitrogens with one attached hydrogen (secondary N) is 1. The summed E-state index contributed by atoms with van der Waals surface area (Å²) in [6.45, 7) is 4.87. The maximum Gasteiger partial charge on any atom is 0.277 e. The molecule has 0 saturated carbocycles. The molecule has 3 N–H and O–H groups in total. The number of thiazole rings is 1. The second-order valence-electron chi connectivity index (χ2n) is 4.74. The second kappa shape index (κ2) is 6.63. The largest absolute Gasteiger partial charge is 0.364 e. The molecule has 2 aromatic rings. The highest BCUT2D eigenvalue weighted by Crippen LogP contribution is 2.24. The minimum atomic E-state index is -0.458. The maximum atomic E-state index is 11.1. The molecule has 0 spiro atoms. The van der Waals surface area contributed by atoms with Gasteiger partial charge in [0.05, 0.1) is 5.69 Å². The number of hydrogen-bond acceptors (Lipinski definition) is 4. The van der Waals surface area contributed by atoms with Gasteiger partial charge in [0, 0.05) is 10.9 Å². The number of carbonyl (C=O) groups excluding carboxylic acids is 1. The number of aromatic nitrogens is 1. The lowest BCUT2D eigenvalue weighted by Crippen LogP contribution is -2.21. The molecule has 1 atom stereocenters. The molecule has 0 aliphatic carbocycles. The van der Waals surface area contributed by atoms with Crippen molar-refractivity contribution in [3.05, 3.63) is 51.5 Å². The highest BCUT2D eigenvalue weighted by atomic mass is 32.1. The van der Waals surface area contributed by atoms with Crippen molar-refractivity contribution in [1.29, 1.82) is 0 Å². The van der Waals surface area contributed by atoms with Gasteiger partial charge in [-0.3, -0.25) is 4.79 Å². The number of carbonyl (C=O) groups is 1. The molecule has 1 unspecified atom stereocenters. The standard InChI is InChI=1S/C15H19N3OS/c1-10(13-11(2)18-15(20-13)14(16)19)17-9-8-12-6-4-3-5-7-12/h3-7,10,17H,8-9H2,1-2H3,(H2,16,19). The lowest BCUT2D eigenvalue weighted by Gasteiger charge is -2.12. The molecule has 0 aliphatic heterocycles. The fourth-order valence-corrected chi connectivity index (χ4v) is 3.03. The van der Waals surface area contributed by atoms with E-state index in [0.717, 1.165) is 23.5 Å². The molecule has 106 valence electrons. The van der Waals surface area contributed by atoms with E-state index in [1.807, 2.05) is 25.1 Å². The Bertz CT molecular complexity index is 580. The maximum absolute atomic E-state index is 11.1. The van der Waals surface area contributed by atoms with E-state index >= 15 is 0 Å². The summed E-state index contributed by atoms with van der Waals surface area (Å²) in [5.74, 6) is -0.458. The van der Waals surface area contributed by atoms with Gasteiger partial charge >= 0.3 is 0 Å². The van der Waals surface area contributed by atoms with Crippen molar-refractivity contribution in [2.75, 3.05) is 6.54 Å². The molecule has 0 bridgehead atoms. The van der Waals surface area contributed by atoms with Crippen LogP contribution in [0.2, 0.25) is 0 Å². The summed E-state index contributed by atoms with van der Waals surface area (Å²) in [7, 11) is 0. The van der Waals surface area contributed by atoms with Gasteiger partial charge in [0.15, 0.2) is 5.01 Å². The Labute approximate surface area is 123 Å². The fourth-order valence-electron chi connectivity index (χ4n) is 2.09. The first-order chi connectivity index (χ1) is 9.58. The molecule has 1 amide bonds. The summed E-state index contributed by atoms with van der Waals surface area (Å²) in [5.41, 5.74) is 7.45. The Morgan fingerprint density at radius 2 is 2.10 bits per heavy atom. The van der Waals surface area contributed by atoms with Gasteiger partial charge in [0.2, 0.25) is 0 Å². The van der Waals surface area contributed by atoms with Crippen LogP contribution in [0.4, 0.5) is 0 Å². The van der Waals surface area contributed by atoms with Gasteiger partial charge in [-0.2, -0.15) is 0 Å². The van der Waals surface area contributed by atoms with E-state index in [0.29, 0.717) is 5.01 Å². The van der Waals surface area contributed by atoms with Gasteiger partial charge in [-0.25, -0.2) is 4.98 Å². The SMILES string of the molecule is Cc1nc(C(N)=O)sc1C(C)NCCc1ccccc1. The molecule has 4 nitrogen and oxygen atoms in total. The molecule has 2 rings (SSSR count). The molecule has 0 aliphatic rings. The van der Waals surface area contributed by atoms with Crippen molar-refractivity contribution in [3.63, 3.8) is 0 Å². The number of benzene rings is 1. The third-order valence-electron chi connectivity index (χ3n) is 3.14. The summed E-state index contributed by atoms with van der Waals surface area (Å²) < 4.78 is 0. The van der Waals surface area contributed by atoms with Crippen LogP contribution in [0.15, 0.2) is 30.3 Å². The van der Waals surface area contributed by atoms with E-state index in [2.05, 4.69) is 29.4 Å². The summed E-state index contributed by atoms with van der Waals surface area (Å²) >= 11 is 1.37. The van der Waals surface area contributed by atoms with E-state index in [-0.39, 0.29) is 6.04 Å². The summed E-state index contributed by atoms with van der Waals surface area (Å²) in [5, 5.41) is 3.84. The summed E-state index contributed by atoms with van der Waals surface area (Å²) in [6.07, 6.45) is 0.978. The molecule has 1 aromatic carbocycles. The number of amides is 1. The second-order valence-corrected chi connectivity index (χ2v) is 5.77. The predicted octanol–water partition coefficient (Wildman–Crippen LogP) is 2.44. The van der Waals surface area contributed by atoms with Gasteiger partial charge < -0.3 is 11.1 Å². The molecule has 20 heavy (non-hydrogen) atoms. The van der Waals surface area contributed by atoms with Crippen molar-refractivity contribution in [2.24, 2.45) is 5.73 Å². The predicted molar refractivity (Wildman–Crippen MR) is 81.9 cm³/mol. The fraction of sp³-hybridized carbons (Fsp3) is 0.333. The zero-order valence-electron chi connectivity index (χ0n) is 11.7. The zero-order valence-corrected chi connectivity index (χ0v) is 12.5. The molecule has 0 saturated heterocycles. The first kappa shape index (κ1) is 14.7. The highest BCUT2D eigenvalue weighted by Gasteiger charge is 2.16. The monoisotopic (exact) mass is 289 g/mol. The van der Waals surface area contributed by atoms with Crippen LogP contribution in [-0.2, 0) is 6.42 Å². The number of nitrogens with zero attached hydrogens (tertiary/aromatic N) is 1. The first-order valence-electron chi connectivity index (χ1n) is 6.62.